The molecule has 0 aromatic carbocycles. The quantitative estimate of drug-likeness (QED) is 0.782. The van der Waals surface area contributed by atoms with Gasteiger partial charge in [-0.3, -0.25) is 4.72 Å². The molecule has 0 aliphatic carbocycles. The minimum atomic E-state index is -3.63. The van der Waals surface area contributed by atoms with E-state index in [1.807, 2.05) is 25.1 Å². The van der Waals surface area contributed by atoms with Crippen molar-refractivity contribution >= 4 is 38.5 Å². The molecule has 3 heterocycles. The zero-order valence-electron chi connectivity index (χ0n) is 11.3. The van der Waals surface area contributed by atoms with Gasteiger partial charge in [-0.1, -0.05) is 5.16 Å². The van der Waals surface area contributed by atoms with Crippen LogP contribution in [0.2, 0.25) is 0 Å². The standard InChI is InChI=1S/C13H12N2O3S3/c1-8-7-12(14-18-8)15-21(16,17)13-6-5-11(20-13)10-4-3-9(2)19-10/h3-7H,1-2H3,(H,14,15). The molecule has 0 radical (unpaired) electrons. The van der Waals surface area contributed by atoms with E-state index in [2.05, 4.69) is 9.88 Å². The van der Waals surface area contributed by atoms with E-state index in [0.29, 0.717) is 5.76 Å². The lowest BCUT2D eigenvalue weighted by Crippen LogP contribution is -2.11. The van der Waals surface area contributed by atoms with Crippen molar-refractivity contribution in [1.29, 1.82) is 0 Å². The molecule has 1 N–H and O–H groups in total. The lowest BCUT2D eigenvalue weighted by Gasteiger charge is -2.00. The van der Waals surface area contributed by atoms with Gasteiger partial charge in [0.25, 0.3) is 10.0 Å². The molecule has 0 saturated heterocycles. The first-order chi connectivity index (χ1) is 9.94. The molecule has 0 atom stereocenters. The number of nitrogens with one attached hydrogen (secondary N) is 1. The van der Waals surface area contributed by atoms with Gasteiger partial charge in [0.05, 0.1) is 0 Å². The van der Waals surface area contributed by atoms with E-state index < -0.39 is 10.0 Å². The Bertz CT molecular complexity index is 874. The maximum Gasteiger partial charge on any atom is 0.272 e. The van der Waals surface area contributed by atoms with E-state index in [0.717, 1.165) is 9.75 Å². The van der Waals surface area contributed by atoms with E-state index in [-0.39, 0.29) is 10.0 Å². The third-order valence-corrected chi connectivity index (χ3v) is 6.82. The van der Waals surface area contributed by atoms with Crippen LogP contribution in [0, 0.1) is 13.8 Å². The van der Waals surface area contributed by atoms with Crippen LogP contribution in [0.5, 0.6) is 0 Å². The maximum absolute atomic E-state index is 12.3. The van der Waals surface area contributed by atoms with Gasteiger partial charge in [-0.15, -0.1) is 22.7 Å². The van der Waals surface area contributed by atoms with Gasteiger partial charge in [0.2, 0.25) is 0 Å². The van der Waals surface area contributed by atoms with Crippen LogP contribution < -0.4 is 4.72 Å². The molecule has 0 aliphatic rings. The summed E-state index contributed by atoms with van der Waals surface area (Å²) < 4.78 is 32.1. The Morgan fingerprint density at radius 1 is 1.10 bits per heavy atom. The smallest absolute Gasteiger partial charge is 0.272 e. The topological polar surface area (TPSA) is 72.2 Å². The number of hydrogen-bond acceptors (Lipinski definition) is 6. The Morgan fingerprint density at radius 3 is 2.43 bits per heavy atom. The molecule has 0 unspecified atom stereocenters. The second-order valence-electron chi connectivity index (χ2n) is 4.46. The minimum Gasteiger partial charge on any atom is -0.360 e. The molecule has 3 rings (SSSR count). The van der Waals surface area contributed by atoms with Gasteiger partial charge >= 0.3 is 0 Å². The van der Waals surface area contributed by atoms with Crippen LogP contribution >= 0.6 is 22.7 Å². The number of sulfonamides is 1. The average molecular weight is 340 g/mol. The van der Waals surface area contributed by atoms with Crippen LogP contribution in [0.1, 0.15) is 10.6 Å². The predicted molar refractivity (Wildman–Crippen MR) is 84.4 cm³/mol. The van der Waals surface area contributed by atoms with Crippen molar-refractivity contribution in [3.63, 3.8) is 0 Å². The molecule has 8 heteroatoms. The fourth-order valence-corrected chi connectivity index (χ4v) is 5.01. The lowest BCUT2D eigenvalue weighted by molar-refractivity contribution is 0.400. The maximum atomic E-state index is 12.3. The van der Waals surface area contributed by atoms with Crippen LogP contribution in [0.25, 0.3) is 9.75 Å². The Balaban J connectivity index is 1.88. The van der Waals surface area contributed by atoms with Gasteiger partial charge in [-0.05, 0) is 38.1 Å². The van der Waals surface area contributed by atoms with Crippen molar-refractivity contribution in [3.8, 4) is 9.75 Å². The van der Waals surface area contributed by atoms with E-state index in [9.17, 15) is 8.42 Å². The first kappa shape index (κ1) is 14.3. The highest BCUT2D eigenvalue weighted by Crippen LogP contribution is 2.35. The second-order valence-corrected chi connectivity index (χ2v) is 8.74. The summed E-state index contributed by atoms with van der Waals surface area (Å²) in [5.41, 5.74) is 0. The van der Waals surface area contributed by atoms with Crippen LogP contribution in [0.4, 0.5) is 5.82 Å². The predicted octanol–water partition coefficient (Wildman–Crippen LogP) is 3.88. The first-order valence-corrected chi connectivity index (χ1v) is 9.18. The molecule has 0 saturated carbocycles. The summed E-state index contributed by atoms with van der Waals surface area (Å²) in [4.78, 5) is 3.19. The third kappa shape index (κ3) is 3.02. The number of aryl methyl sites for hydroxylation is 2. The van der Waals surface area contributed by atoms with Gasteiger partial charge in [-0.2, -0.15) is 0 Å². The van der Waals surface area contributed by atoms with Crippen LogP contribution in [-0.4, -0.2) is 13.6 Å². The molecule has 110 valence electrons. The first-order valence-electron chi connectivity index (χ1n) is 6.07. The Labute approximate surface area is 130 Å². The summed E-state index contributed by atoms with van der Waals surface area (Å²) in [6.45, 7) is 3.72. The van der Waals surface area contributed by atoms with Gasteiger partial charge in [0.15, 0.2) is 5.82 Å². The van der Waals surface area contributed by atoms with Gasteiger partial charge < -0.3 is 4.52 Å². The second kappa shape index (κ2) is 5.28. The van der Waals surface area contributed by atoms with Crippen molar-refractivity contribution in [2.24, 2.45) is 0 Å². The molecule has 3 aromatic heterocycles. The van der Waals surface area contributed by atoms with Gasteiger partial charge in [0.1, 0.15) is 9.97 Å². The fraction of sp³-hybridized carbons (Fsp3) is 0.154. The van der Waals surface area contributed by atoms with Gasteiger partial charge in [-0.25, -0.2) is 8.42 Å². The summed E-state index contributed by atoms with van der Waals surface area (Å²) in [6, 6.07) is 8.97. The van der Waals surface area contributed by atoms with E-state index in [1.165, 1.54) is 22.3 Å². The van der Waals surface area contributed by atoms with Crippen LogP contribution in [0.3, 0.4) is 0 Å². The number of anilines is 1. The summed E-state index contributed by atoms with van der Waals surface area (Å²) >= 11 is 2.87. The Hall–Kier alpha value is -1.64. The molecule has 0 amide bonds. The number of aromatic nitrogens is 1. The molecular formula is C13H12N2O3S3. The molecule has 0 spiro atoms. The molecule has 0 fully saturated rings. The summed E-state index contributed by atoms with van der Waals surface area (Å²) in [5.74, 6) is 0.739. The van der Waals surface area contributed by atoms with Crippen LogP contribution in [0.15, 0.2) is 39.1 Å². The monoisotopic (exact) mass is 340 g/mol. The molecular weight excluding hydrogens is 328 g/mol. The fourth-order valence-electron chi connectivity index (χ4n) is 1.77. The number of nitrogens with zero attached hydrogens (tertiary/aromatic N) is 1. The Morgan fingerprint density at radius 2 is 1.81 bits per heavy atom. The molecule has 3 aromatic rings. The van der Waals surface area contributed by atoms with E-state index >= 15 is 0 Å². The van der Waals surface area contributed by atoms with Gasteiger partial charge in [0, 0.05) is 20.7 Å². The number of hydrogen-bond donors (Lipinski definition) is 1. The summed E-state index contributed by atoms with van der Waals surface area (Å²) in [6.07, 6.45) is 0. The molecule has 21 heavy (non-hydrogen) atoms. The van der Waals surface area contributed by atoms with E-state index in [1.54, 1.807) is 24.3 Å². The molecule has 0 aliphatic heterocycles. The van der Waals surface area contributed by atoms with Crippen molar-refractivity contribution in [1.82, 2.24) is 5.16 Å². The largest absolute Gasteiger partial charge is 0.360 e. The number of thiophene rings is 2. The molecule has 5 nitrogen and oxygen atoms in total. The minimum absolute atomic E-state index is 0.189. The average Bonchev–Trinajstić information content (AvgIpc) is 3.09. The summed E-state index contributed by atoms with van der Waals surface area (Å²) in [7, 11) is -3.63. The third-order valence-electron chi connectivity index (χ3n) is 2.70. The lowest BCUT2D eigenvalue weighted by atomic mass is 10.4. The number of rotatable bonds is 4. The van der Waals surface area contributed by atoms with Crippen molar-refractivity contribution < 1.29 is 12.9 Å². The highest BCUT2D eigenvalue weighted by atomic mass is 32.2. The van der Waals surface area contributed by atoms with E-state index in [4.69, 9.17) is 4.52 Å². The van der Waals surface area contributed by atoms with Crippen molar-refractivity contribution in [3.05, 3.63) is 41.0 Å². The normalized spacial score (nSPS) is 11.7. The van der Waals surface area contributed by atoms with Crippen molar-refractivity contribution in [2.45, 2.75) is 18.1 Å². The zero-order chi connectivity index (χ0) is 15.0. The zero-order valence-corrected chi connectivity index (χ0v) is 13.7. The Kier molecular flexibility index (Phi) is 3.60. The van der Waals surface area contributed by atoms with Crippen molar-refractivity contribution in [2.75, 3.05) is 4.72 Å². The summed E-state index contributed by atoms with van der Waals surface area (Å²) in [5, 5.41) is 3.64. The van der Waals surface area contributed by atoms with Crippen LogP contribution in [-0.2, 0) is 10.0 Å². The SMILES string of the molecule is Cc1cc(NS(=O)(=O)c2ccc(-c3ccc(C)s3)s2)no1. The highest BCUT2D eigenvalue weighted by molar-refractivity contribution is 7.94. The molecule has 0 bridgehead atoms. The highest BCUT2D eigenvalue weighted by Gasteiger charge is 2.19.